The first-order valence-corrected chi connectivity index (χ1v) is 7.58. The maximum absolute atomic E-state index is 6.32. The van der Waals surface area contributed by atoms with Crippen LogP contribution in [0.3, 0.4) is 0 Å². The van der Waals surface area contributed by atoms with Crippen molar-refractivity contribution in [2.45, 2.75) is 83.5 Å². The van der Waals surface area contributed by atoms with E-state index in [1.54, 1.807) is 0 Å². The van der Waals surface area contributed by atoms with Gasteiger partial charge in [0.1, 0.15) is 0 Å². The lowest BCUT2D eigenvalue weighted by molar-refractivity contribution is -0.0591. The van der Waals surface area contributed by atoms with Gasteiger partial charge in [-0.15, -0.1) is 0 Å². The van der Waals surface area contributed by atoms with Gasteiger partial charge in [0.25, 0.3) is 0 Å². The Morgan fingerprint density at radius 2 is 1.65 bits per heavy atom. The Morgan fingerprint density at radius 3 is 2.41 bits per heavy atom. The summed E-state index contributed by atoms with van der Waals surface area (Å²) in [5.74, 6) is 1.69. The summed E-state index contributed by atoms with van der Waals surface area (Å²) in [5, 5.41) is 0. The summed E-state index contributed by atoms with van der Waals surface area (Å²) in [6.45, 7) is 4.74. The number of nitrogens with two attached hydrogens (primary N) is 1. The van der Waals surface area contributed by atoms with Crippen LogP contribution >= 0.6 is 0 Å². The monoisotopic (exact) mass is 239 g/mol. The summed E-state index contributed by atoms with van der Waals surface area (Å²) < 4.78 is 6.32. The van der Waals surface area contributed by atoms with Crippen LogP contribution in [0.15, 0.2) is 0 Å². The summed E-state index contributed by atoms with van der Waals surface area (Å²) in [5.41, 5.74) is 6.23. The molecule has 0 aromatic rings. The predicted molar refractivity (Wildman–Crippen MR) is 71.9 cm³/mol. The minimum atomic E-state index is 0.284. The highest BCUT2D eigenvalue weighted by Gasteiger charge is 2.29. The molecule has 2 saturated carbocycles. The van der Waals surface area contributed by atoms with Gasteiger partial charge in [0, 0.05) is 6.04 Å². The Kier molecular flexibility index (Phi) is 4.87. The number of ether oxygens (including phenoxy) is 1. The molecule has 5 atom stereocenters. The van der Waals surface area contributed by atoms with E-state index in [9.17, 15) is 0 Å². The van der Waals surface area contributed by atoms with E-state index in [1.165, 1.54) is 44.9 Å². The third-order valence-electron chi connectivity index (χ3n) is 4.92. The fourth-order valence-corrected chi connectivity index (χ4v) is 3.34. The van der Waals surface area contributed by atoms with Crippen LogP contribution in [0.1, 0.15) is 65.2 Å². The van der Waals surface area contributed by atoms with Crippen molar-refractivity contribution < 1.29 is 4.74 Å². The Bertz CT molecular complexity index is 231. The molecule has 2 rings (SSSR count). The standard InChI is InChI=1S/C15H29NO/c1-11-8-9-13(10-12(11)2)17-15-7-5-3-4-6-14(15)16/h11-15H,3-10,16H2,1-2H3. The molecule has 0 heterocycles. The number of rotatable bonds is 2. The second-order valence-corrected chi connectivity index (χ2v) is 6.37. The molecule has 17 heavy (non-hydrogen) atoms. The molecule has 2 aliphatic carbocycles. The van der Waals surface area contributed by atoms with Crippen LogP contribution in [-0.4, -0.2) is 18.2 Å². The third-order valence-corrected chi connectivity index (χ3v) is 4.92. The SMILES string of the molecule is CC1CCC(OC2CCCCCC2N)CC1C. The largest absolute Gasteiger partial charge is 0.373 e. The molecule has 0 aliphatic heterocycles. The number of hydrogen-bond donors (Lipinski definition) is 1. The highest BCUT2D eigenvalue weighted by Crippen LogP contribution is 2.33. The molecule has 5 unspecified atom stereocenters. The minimum absolute atomic E-state index is 0.284. The van der Waals surface area contributed by atoms with Gasteiger partial charge in [0.2, 0.25) is 0 Å². The smallest absolute Gasteiger partial charge is 0.0729 e. The van der Waals surface area contributed by atoms with Gasteiger partial charge in [-0.05, 0) is 43.9 Å². The van der Waals surface area contributed by atoms with Crippen molar-refractivity contribution in [3.05, 3.63) is 0 Å². The predicted octanol–water partition coefficient (Wildman–Crippen LogP) is 3.49. The van der Waals surface area contributed by atoms with E-state index in [0.717, 1.165) is 18.3 Å². The lowest BCUT2D eigenvalue weighted by Gasteiger charge is -2.35. The van der Waals surface area contributed by atoms with Crippen molar-refractivity contribution in [1.82, 2.24) is 0 Å². The average molecular weight is 239 g/mol. The molecule has 0 radical (unpaired) electrons. The van der Waals surface area contributed by atoms with Crippen LogP contribution in [0.5, 0.6) is 0 Å². The Balaban J connectivity index is 1.83. The molecule has 2 aliphatic rings. The summed E-state index contributed by atoms with van der Waals surface area (Å²) >= 11 is 0. The summed E-state index contributed by atoms with van der Waals surface area (Å²) in [6.07, 6.45) is 10.9. The molecular formula is C15H29NO. The van der Waals surface area contributed by atoms with E-state index < -0.39 is 0 Å². The zero-order chi connectivity index (χ0) is 12.3. The molecule has 0 bridgehead atoms. The topological polar surface area (TPSA) is 35.2 Å². The van der Waals surface area contributed by atoms with Crippen LogP contribution in [0.4, 0.5) is 0 Å². The van der Waals surface area contributed by atoms with E-state index >= 15 is 0 Å². The summed E-state index contributed by atoms with van der Waals surface area (Å²) in [7, 11) is 0. The average Bonchev–Trinajstić information content (AvgIpc) is 2.50. The summed E-state index contributed by atoms with van der Waals surface area (Å²) in [4.78, 5) is 0. The van der Waals surface area contributed by atoms with Crippen molar-refractivity contribution in [1.29, 1.82) is 0 Å². The van der Waals surface area contributed by atoms with Crippen LogP contribution in [0, 0.1) is 11.8 Å². The Hall–Kier alpha value is -0.0800. The molecule has 0 aromatic carbocycles. The molecule has 2 nitrogen and oxygen atoms in total. The molecular weight excluding hydrogens is 210 g/mol. The first-order chi connectivity index (χ1) is 8.16. The van der Waals surface area contributed by atoms with Gasteiger partial charge in [-0.1, -0.05) is 33.1 Å². The first-order valence-electron chi connectivity index (χ1n) is 7.58. The molecule has 2 fully saturated rings. The van der Waals surface area contributed by atoms with E-state index in [-0.39, 0.29) is 6.04 Å². The van der Waals surface area contributed by atoms with E-state index in [0.29, 0.717) is 12.2 Å². The molecule has 2 N–H and O–H groups in total. The van der Waals surface area contributed by atoms with Crippen LogP contribution in [0.25, 0.3) is 0 Å². The van der Waals surface area contributed by atoms with Gasteiger partial charge in [0.05, 0.1) is 12.2 Å². The van der Waals surface area contributed by atoms with Gasteiger partial charge in [-0.3, -0.25) is 0 Å². The van der Waals surface area contributed by atoms with Gasteiger partial charge in [-0.2, -0.15) is 0 Å². The molecule has 0 amide bonds. The van der Waals surface area contributed by atoms with Crippen LogP contribution in [-0.2, 0) is 4.74 Å². The maximum atomic E-state index is 6.32. The minimum Gasteiger partial charge on any atom is -0.373 e. The molecule has 0 saturated heterocycles. The second kappa shape index (κ2) is 6.19. The van der Waals surface area contributed by atoms with Crippen molar-refractivity contribution in [2.75, 3.05) is 0 Å². The Morgan fingerprint density at radius 1 is 0.882 bits per heavy atom. The fourth-order valence-electron chi connectivity index (χ4n) is 3.34. The zero-order valence-corrected chi connectivity index (χ0v) is 11.5. The fraction of sp³-hybridized carbons (Fsp3) is 1.00. The third kappa shape index (κ3) is 3.69. The van der Waals surface area contributed by atoms with Crippen molar-refractivity contribution in [3.63, 3.8) is 0 Å². The van der Waals surface area contributed by atoms with Gasteiger partial charge >= 0.3 is 0 Å². The van der Waals surface area contributed by atoms with Gasteiger partial charge in [-0.25, -0.2) is 0 Å². The lowest BCUT2D eigenvalue weighted by Crippen LogP contribution is -2.40. The van der Waals surface area contributed by atoms with Crippen molar-refractivity contribution >= 4 is 0 Å². The van der Waals surface area contributed by atoms with Gasteiger partial charge < -0.3 is 10.5 Å². The van der Waals surface area contributed by atoms with Crippen LogP contribution < -0.4 is 5.73 Å². The molecule has 100 valence electrons. The van der Waals surface area contributed by atoms with E-state index in [2.05, 4.69) is 13.8 Å². The van der Waals surface area contributed by atoms with Crippen molar-refractivity contribution in [2.24, 2.45) is 17.6 Å². The lowest BCUT2D eigenvalue weighted by atomic mass is 9.80. The Labute approximate surface area is 106 Å². The molecule has 0 spiro atoms. The van der Waals surface area contributed by atoms with Crippen LogP contribution in [0.2, 0.25) is 0 Å². The normalized spacial score (nSPS) is 44.3. The van der Waals surface area contributed by atoms with E-state index in [4.69, 9.17) is 10.5 Å². The second-order valence-electron chi connectivity index (χ2n) is 6.37. The van der Waals surface area contributed by atoms with Crippen molar-refractivity contribution in [3.8, 4) is 0 Å². The zero-order valence-electron chi connectivity index (χ0n) is 11.5. The molecule has 0 aromatic heterocycles. The summed E-state index contributed by atoms with van der Waals surface area (Å²) in [6, 6.07) is 0.284. The number of hydrogen-bond acceptors (Lipinski definition) is 2. The highest BCUT2D eigenvalue weighted by molar-refractivity contribution is 4.81. The highest BCUT2D eigenvalue weighted by atomic mass is 16.5. The van der Waals surface area contributed by atoms with Gasteiger partial charge in [0.15, 0.2) is 0 Å². The van der Waals surface area contributed by atoms with E-state index in [1.807, 2.05) is 0 Å². The molecule has 2 heteroatoms. The maximum Gasteiger partial charge on any atom is 0.0729 e. The quantitative estimate of drug-likeness (QED) is 0.749. The first kappa shape index (κ1) is 13.4.